The molecule has 0 aromatic rings. The lowest BCUT2D eigenvalue weighted by molar-refractivity contribution is -0.0930. The van der Waals surface area contributed by atoms with Gasteiger partial charge in [-0.25, -0.2) is 0 Å². The van der Waals surface area contributed by atoms with E-state index >= 15 is 0 Å². The first-order valence-corrected chi connectivity index (χ1v) is 8.82. The molecule has 1 N–H and O–H groups in total. The molecule has 3 aliphatic rings. The summed E-state index contributed by atoms with van der Waals surface area (Å²) >= 11 is 0. The quantitative estimate of drug-likeness (QED) is 0.751. The normalized spacial score (nSPS) is 45.6. The molecule has 0 amide bonds. The zero-order chi connectivity index (χ0) is 15.5. The molecule has 0 aromatic carbocycles. The molecule has 21 heavy (non-hydrogen) atoms. The molecule has 4 atom stereocenters. The fourth-order valence-electron chi connectivity index (χ4n) is 5.37. The second kappa shape index (κ2) is 4.75. The van der Waals surface area contributed by atoms with Crippen molar-refractivity contribution in [2.45, 2.75) is 91.3 Å². The van der Waals surface area contributed by atoms with Crippen LogP contribution in [0.15, 0.2) is 11.3 Å². The van der Waals surface area contributed by atoms with Gasteiger partial charge < -0.3 is 9.84 Å². The Kier molecular flexibility index (Phi) is 3.48. The van der Waals surface area contributed by atoms with Crippen molar-refractivity contribution >= 4 is 0 Å². The van der Waals surface area contributed by atoms with Gasteiger partial charge in [-0.15, -0.1) is 0 Å². The van der Waals surface area contributed by atoms with Crippen LogP contribution in [0.25, 0.3) is 0 Å². The van der Waals surface area contributed by atoms with Gasteiger partial charge in [0.2, 0.25) is 0 Å². The molecule has 120 valence electrons. The number of fused-ring (bicyclic) bond motifs is 2. The molecule has 1 heterocycles. The predicted molar refractivity (Wildman–Crippen MR) is 85.9 cm³/mol. The summed E-state index contributed by atoms with van der Waals surface area (Å²) in [5, 5.41) is 10.7. The van der Waals surface area contributed by atoms with Crippen LogP contribution in [0.5, 0.6) is 0 Å². The molecular weight excluding hydrogens is 260 g/mol. The highest BCUT2D eigenvalue weighted by molar-refractivity contribution is 5.30. The van der Waals surface area contributed by atoms with Crippen molar-refractivity contribution in [2.24, 2.45) is 16.7 Å². The Balaban J connectivity index is 2.03. The van der Waals surface area contributed by atoms with Crippen molar-refractivity contribution in [3.05, 3.63) is 11.3 Å². The summed E-state index contributed by atoms with van der Waals surface area (Å²) < 4.78 is 6.35. The van der Waals surface area contributed by atoms with Crippen LogP contribution in [-0.2, 0) is 4.74 Å². The van der Waals surface area contributed by atoms with E-state index < -0.39 is 0 Å². The molecule has 0 saturated heterocycles. The molecule has 1 fully saturated rings. The van der Waals surface area contributed by atoms with Gasteiger partial charge in [-0.05, 0) is 67.8 Å². The first-order chi connectivity index (χ1) is 9.72. The summed E-state index contributed by atoms with van der Waals surface area (Å²) in [5.41, 5.74) is 1.95. The molecule has 0 radical (unpaired) electrons. The van der Waals surface area contributed by atoms with Gasteiger partial charge in [0.15, 0.2) is 0 Å². The Hall–Kier alpha value is -0.500. The van der Waals surface area contributed by atoms with E-state index in [2.05, 4.69) is 34.6 Å². The lowest BCUT2D eigenvalue weighted by Crippen LogP contribution is -2.51. The molecule has 3 rings (SSSR count). The first-order valence-electron chi connectivity index (χ1n) is 8.82. The molecule has 2 nitrogen and oxygen atoms in total. The van der Waals surface area contributed by atoms with Crippen LogP contribution in [0.2, 0.25) is 0 Å². The standard InChI is InChI=1S/C19H32O2/c1-6-18(4)11-8-13-16(21-18)14(20)12-15-17(2,3)9-7-10-19(13,15)5/h14-15,20H,6-12H2,1-5H3/t14-,15+,18+,19-/m1/s1. The van der Waals surface area contributed by atoms with Gasteiger partial charge in [-0.2, -0.15) is 0 Å². The molecule has 2 heteroatoms. The van der Waals surface area contributed by atoms with E-state index in [0.717, 1.165) is 31.4 Å². The van der Waals surface area contributed by atoms with Crippen molar-refractivity contribution < 1.29 is 9.84 Å². The predicted octanol–water partition coefficient (Wildman–Crippen LogP) is 4.82. The molecular formula is C19H32O2. The Morgan fingerprint density at radius 2 is 1.86 bits per heavy atom. The largest absolute Gasteiger partial charge is 0.489 e. The minimum absolute atomic E-state index is 0.0762. The van der Waals surface area contributed by atoms with Crippen molar-refractivity contribution in [1.82, 2.24) is 0 Å². The molecule has 2 aliphatic carbocycles. The first kappa shape index (κ1) is 15.4. The van der Waals surface area contributed by atoms with E-state index in [9.17, 15) is 5.11 Å². The monoisotopic (exact) mass is 292 g/mol. The molecule has 0 aromatic heterocycles. The highest BCUT2D eigenvalue weighted by Crippen LogP contribution is 2.61. The molecule has 1 aliphatic heterocycles. The van der Waals surface area contributed by atoms with E-state index in [1.807, 2.05) is 0 Å². The number of aliphatic hydroxyl groups is 1. The zero-order valence-electron chi connectivity index (χ0n) is 14.5. The number of hydrogen-bond donors (Lipinski definition) is 1. The average molecular weight is 292 g/mol. The Morgan fingerprint density at radius 1 is 1.14 bits per heavy atom. The van der Waals surface area contributed by atoms with Crippen LogP contribution in [0.3, 0.4) is 0 Å². The van der Waals surface area contributed by atoms with E-state index in [1.165, 1.54) is 24.8 Å². The Bertz CT molecular complexity index is 464. The number of rotatable bonds is 1. The van der Waals surface area contributed by atoms with Crippen LogP contribution >= 0.6 is 0 Å². The van der Waals surface area contributed by atoms with Gasteiger partial charge in [-0.3, -0.25) is 0 Å². The number of hydrogen-bond acceptors (Lipinski definition) is 2. The van der Waals surface area contributed by atoms with Crippen LogP contribution in [0, 0.1) is 16.7 Å². The van der Waals surface area contributed by atoms with E-state index in [1.54, 1.807) is 0 Å². The smallest absolute Gasteiger partial charge is 0.125 e. The van der Waals surface area contributed by atoms with Crippen molar-refractivity contribution in [1.29, 1.82) is 0 Å². The molecule has 0 spiro atoms. The van der Waals surface area contributed by atoms with Gasteiger partial charge in [0.05, 0.1) is 0 Å². The van der Waals surface area contributed by atoms with Crippen molar-refractivity contribution in [2.75, 3.05) is 0 Å². The lowest BCUT2D eigenvalue weighted by atomic mass is 9.49. The molecule has 0 unspecified atom stereocenters. The minimum Gasteiger partial charge on any atom is -0.489 e. The molecule has 1 saturated carbocycles. The van der Waals surface area contributed by atoms with E-state index in [0.29, 0.717) is 11.3 Å². The highest BCUT2D eigenvalue weighted by atomic mass is 16.5. The summed E-state index contributed by atoms with van der Waals surface area (Å²) in [6.07, 6.45) is 7.57. The van der Waals surface area contributed by atoms with E-state index in [-0.39, 0.29) is 17.1 Å². The van der Waals surface area contributed by atoms with Gasteiger partial charge in [-0.1, -0.05) is 34.1 Å². The van der Waals surface area contributed by atoms with Crippen LogP contribution in [0.1, 0.15) is 79.6 Å². The van der Waals surface area contributed by atoms with Crippen molar-refractivity contribution in [3.8, 4) is 0 Å². The maximum atomic E-state index is 10.7. The zero-order valence-corrected chi connectivity index (χ0v) is 14.5. The van der Waals surface area contributed by atoms with Crippen molar-refractivity contribution in [3.63, 3.8) is 0 Å². The second-order valence-electron chi connectivity index (χ2n) is 8.81. The number of ether oxygens (including phenoxy) is 1. The Labute approximate surface area is 130 Å². The topological polar surface area (TPSA) is 29.5 Å². The number of allylic oxidation sites excluding steroid dienone is 1. The highest BCUT2D eigenvalue weighted by Gasteiger charge is 2.54. The summed E-state index contributed by atoms with van der Waals surface area (Å²) in [5.74, 6) is 1.53. The minimum atomic E-state index is -0.387. The lowest BCUT2D eigenvalue weighted by Gasteiger charge is -2.57. The van der Waals surface area contributed by atoms with Gasteiger partial charge in [0, 0.05) is 0 Å². The summed E-state index contributed by atoms with van der Waals surface area (Å²) in [6, 6.07) is 0. The fraction of sp³-hybridized carbons (Fsp3) is 0.895. The van der Waals surface area contributed by atoms with Crippen LogP contribution < -0.4 is 0 Å². The summed E-state index contributed by atoms with van der Waals surface area (Å²) in [6.45, 7) is 11.6. The maximum absolute atomic E-state index is 10.7. The summed E-state index contributed by atoms with van der Waals surface area (Å²) in [7, 11) is 0. The second-order valence-corrected chi connectivity index (χ2v) is 8.81. The molecule has 0 bridgehead atoms. The van der Waals surface area contributed by atoms with Crippen LogP contribution in [0.4, 0.5) is 0 Å². The van der Waals surface area contributed by atoms with Gasteiger partial charge in [0.1, 0.15) is 17.5 Å². The Morgan fingerprint density at radius 3 is 2.52 bits per heavy atom. The van der Waals surface area contributed by atoms with Gasteiger partial charge in [0.25, 0.3) is 0 Å². The average Bonchev–Trinajstić information content (AvgIpc) is 2.41. The SMILES string of the molecule is CC[C@@]1(C)CCC2=C(O1)[C@H](O)C[C@H]1C(C)(C)CCC[C@]21C. The third kappa shape index (κ3) is 2.25. The number of aliphatic hydroxyl groups excluding tert-OH is 1. The third-order valence-electron chi connectivity index (χ3n) is 6.99. The van der Waals surface area contributed by atoms with E-state index in [4.69, 9.17) is 4.74 Å². The maximum Gasteiger partial charge on any atom is 0.125 e. The fourth-order valence-corrected chi connectivity index (χ4v) is 5.37. The van der Waals surface area contributed by atoms with Gasteiger partial charge >= 0.3 is 0 Å². The summed E-state index contributed by atoms with van der Waals surface area (Å²) in [4.78, 5) is 0. The van der Waals surface area contributed by atoms with Crippen LogP contribution in [-0.4, -0.2) is 16.8 Å². The third-order valence-corrected chi connectivity index (χ3v) is 6.99.